The van der Waals surface area contributed by atoms with Crippen molar-refractivity contribution in [3.63, 3.8) is 0 Å². The van der Waals surface area contributed by atoms with Crippen LogP contribution in [0.4, 0.5) is 0 Å². The van der Waals surface area contributed by atoms with E-state index in [0.717, 1.165) is 4.57 Å². The smallest absolute Gasteiger partial charge is 0.459 e. The molecule has 2 heterocycles. The van der Waals surface area contributed by atoms with Crippen molar-refractivity contribution in [1.82, 2.24) is 9.55 Å². The largest absolute Gasteiger partial charge is 0.490 e. The Hall–Kier alpha value is -2.30. The Labute approximate surface area is 225 Å². The summed E-state index contributed by atoms with van der Waals surface area (Å²) in [4.78, 5) is 75.3. The fourth-order valence-corrected chi connectivity index (χ4v) is 6.74. The summed E-state index contributed by atoms with van der Waals surface area (Å²) >= 11 is 0. The van der Waals surface area contributed by atoms with Gasteiger partial charge in [-0.2, -0.15) is 8.62 Å². The van der Waals surface area contributed by atoms with Crippen LogP contribution in [0.15, 0.2) is 40.1 Å². The predicted octanol–water partition coefficient (Wildman–Crippen LogP) is 0.0890. The molecule has 0 radical (unpaired) electrons. The zero-order valence-electron chi connectivity index (χ0n) is 20.6. The number of phosphoric ester groups is 1. The number of hydrogen-bond acceptors (Lipinski definition) is 12. The summed E-state index contributed by atoms with van der Waals surface area (Å²) in [6, 6.07) is 6.79. The molecule has 5 atom stereocenters. The number of nitrogens with one attached hydrogen (secondary N) is 1. The lowest BCUT2D eigenvalue weighted by Crippen LogP contribution is -2.33. The molecular weight excluding hydrogens is 603 g/mol. The first-order valence-electron chi connectivity index (χ1n) is 11.2. The van der Waals surface area contributed by atoms with Crippen LogP contribution in [0.2, 0.25) is 0 Å². The summed E-state index contributed by atoms with van der Waals surface area (Å²) < 4.78 is 58.7. The quantitative estimate of drug-likeness (QED) is 0.134. The SMILES string of the molecule is Cc1cn([C@H]2C[C@@H](OC(=O)Cc3ccccc3CN)C(COP(=O)(O)OP(=O)(O)OP(=O)(O)O)O2)c(=O)[nH]c1=O. The fraction of sp³-hybridized carbons (Fsp3) is 0.421. The minimum absolute atomic E-state index is 0.145. The van der Waals surface area contributed by atoms with Gasteiger partial charge < -0.3 is 34.8 Å². The number of aromatic nitrogens is 2. The summed E-state index contributed by atoms with van der Waals surface area (Å²) in [7, 11) is -16.9. The van der Waals surface area contributed by atoms with E-state index in [1.807, 2.05) is 0 Å². The van der Waals surface area contributed by atoms with Gasteiger partial charge in [-0.1, -0.05) is 24.3 Å². The monoisotopic (exact) mass is 629 g/mol. The average Bonchev–Trinajstić information content (AvgIpc) is 3.20. The highest BCUT2D eigenvalue weighted by atomic mass is 31.3. The van der Waals surface area contributed by atoms with Gasteiger partial charge in [-0.25, -0.2) is 18.5 Å². The molecule has 0 saturated carbocycles. The fourth-order valence-electron chi connectivity index (χ4n) is 3.71. The molecule has 1 saturated heterocycles. The maximum atomic E-state index is 12.7. The van der Waals surface area contributed by atoms with Crippen LogP contribution in [0.5, 0.6) is 0 Å². The third-order valence-corrected chi connectivity index (χ3v) is 9.21. The number of hydrogen-bond donors (Lipinski definition) is 6. The number of ether oxygens (including phenoxy) is 2. The van der Waals surface area contributed by atoms with Crippen LogP contribution in [0.25, 0.3) is 0 Å². The lowest BCUT2D eigenvalue weighted by atomic mass is 10.0. The summed E-state index contributed by atoms with van der Waals surface area (Å²) in [5.74, 6) is -0.761. The third-order valence-electron chi connectivity index (χ3n) is 5.41. The molecule has 0 spiro atoms. The molecule has 3 unspecified atom stereocenters. The van der Waals surface area contributed by atoms with Crippen LogP contribution in [0, 0.1) is 6.92 Å². The van der Waals surface area contributed by atoms with Gasteiger partial charge in [-0.3, -0.25) is 23.7 Å². The predicted molar refractivity (Wildman–Crippen MR) is 132 cm³/mol. The topological polar surface area (TPSA) is 276 Å². The minimum atomic E-state index is -5.78. The standard InChI is InChI=1S/C19H26N3O15P3/c1-11-9-22(19(25)21-18(11)24)16-7-14(35-17(23)6-12-4-2-3-5-13(12)8-20)15(34-16)10-33-39(29,30)37-40(31,32)36-38(26,27)28/h2-5,9,14-16H,6-8,10,20H2,1H3,(H,29,30)(H,31,32)(H,21,24,25)(H2,26,27,28)/t14-,15?,16-/m1/s1. The second-order valence-corrected chi connectivity index (χ2v) is 12.8. The molecular formula is C19H26N3O15P3. The summed E-state index contributed by atoms with van der Waals surface area (Å²) in [6.07, 6.45) is -2.97. The normalized spacial score (nSPS) is 22.4. The number of carbonyl (C=O) groups excluding carboxylic acids is 1. The molecule has 1 fully saturated rings. The van der Waals surface area contributed by atoms with E-state index < -0.39 is 65.7 Å². The average molecular weight is 629 g/mol. The highest BCUT2D eigenvalue weighted by molar-refractivity contribution is 7.66. The van der Waals surface area contributed by atoms with Gasteiger partial charge in [0.15, 0.2) is 0 Å². The van der Waals surface area contributed by atoms with Crippen molar-refractivity contribution < 1.29 is 60.7 Å². The molecule has 1 aromatic heterocycles. The van der Waals surface area contributed by atoms with E-state index in [4.69, 9.17) is 25.0 Å². The van der Waals surface area contributed by atoms with E-state index in [1.54, 1.807) is 24.3 Å². The van der Waals surface area contributed by atoms with E-state index >= 15 is 0 Å². The number of esters is 1. The Balaban J connectivity index is 1.79. The number of aryl methyl sites for hydroxylation is 1. The van der Waals surface area contributed by atoms with Crippen molar-refractivity contribution in [3.05, 3.63) is 68.0 Å². The molecule has 21 heteroatoms. The van der Waals surface area contributed by atoms with Crippen molar-refractivity contribution in [1.29, 1.82) is 0 Å². The summed E-state index contributed by atoms with van der Waals surface area (Å²) in [5.41, 5.74) is 5.58. The Bertz CT molecular complexity index is 1500. The minimum Gasteiger partial charge on any atom is -0.459 e. The Morgan fingerprint density at radius 3 is 2.38 bits per heavy atom. The zero-order chi connectivity index (χ0) is 29.9. The van der Waals surface area contributed by atoms with Crippen molar-refractivity contribution in [3.8, 4) is 0 Å². The molecule has 1 aliphatic rings. The van der Waals surface area contributed by atoms with Gasteiger partial charge in [0.25, 0.3) is 5.56 Å². The van der Waals surface area contributed by atoms with Gasteiger partial charge in [-0.15, -0.1) is 0 Å². The second kappa shape index (κ2) is 12.7. The number of phosphoric acid groups is 3. The van der Waals surface area contributed by atoms with Crippen LogP contribution < -0.4 is 17.0 Å². The number of benzene rings is 1. The number of H-pyrrole nitrogens is 1. The number of nitrogens with two attached hydrogens (primary N) is 1. The molecule has 1 aromatic carbocycles. The second-order valence-electron chi connectivity index (χ2n) is 8.41. The first kappa shape index (κ1) is 32.2. The van der Waals surface area contributed by atoms with E-state index in [1.165, 1.54) is 13.1 Å². The molecule has 0 amide bonds. The zero-order valence-corrected chi connectivity index (χ0v) is 23.3. The number of rotatable bonds is 12. The highest BCUT2D eigenvalue weighted by Gasteiger charge is 2.44. The Morgan fingerprint density at radius 2 is 1.75 bits per heavy atom. The van der Waals surface area contributed by atoms with Crippen LogP contribution in [-0.4, -0.2) is 53.9 Å². The maximum Gasteiger partial charge on any atom is 0.490 e. The molecule has 7 N–H and O–H groups in total. The van der Waals surface area contributed by atoms with Gasteiger partial charge in [0.2, 0.25) is 0 Å². The van der Waals surface area contributed by atoms with E-state index in [0.29, 0.717) is 11.1 Å². The molecule has 40 heavy (non-hydrogen) atoms. The first-order valence-corrected chi connectivity index (χ1v) is 15.7. The number of nitrogens with zero attached hydrogens (tertiary/aromatic N) is 1. The van der Waals surface area contributed by atoms with Crippen LogP contribution >= 0.6 is 23.5 Å². The van der Waals surface area contributed by atoms with Gasteiger partial charge >= 0.3 is 35.1 Å². The Morgan fingerprint density at radius 1 is 1.10 bits per heavy atom. The van der Waals surface area contributed by atoms with Crippen LogP contribution in [0.1, 0.15) is 29.3 Å². The van der Waals surface area contributed by atoms with E-state index in [2.05, 4.69) is 18.1 Å². The molecule has 1 aliphatic heterocycles. The van der Waals surface area contributed by atoms with E-state index in [-0.39, 0.29) is 24.9 Å². The lowest BCUT2D eigenvalue weighted by molar-refractivity contribution is -0.152. The molecule has 2 aromatic rings. The van der Waals surface area contributed by atoms with Gasteiger partial charge in [0.05, 0.1) is 13.0 Å². The maximum absolute atomic E-state index is 12.7. The number of carbonyl (C=O) groups is 1. The van der Waals surface area contributed by atoms with E-state index in [9.17, 15) is 37.9 Å². The van der Waals surface area contributed by atoms with Crippen molar-refractivity contribution in [2.75, 3.05) is 6.61 Å². The van der Waals surface area contributed by atoms with Crippen LogP contribution in [-0.2, 0) is 54.1 Å². The summed E-state index contributed by atoms with van der Waals surface area (Å²) in [6.45, 7) is 0.632. The Kier molecular flexibility index (Phi) is 10.2. The van der Waals surface area contributed by atoms with Crippen molar-refractivity contribution >= 4 is 29.4 Å². The molecule has 222 valence electrons. The van der Waals surface area contributed by atoms with Gasteiger partial charge in [0, 0.05) is 24.7 Å². The molecule has 3 rings (SSSR count). The molecule has 0 bridgehead atoms. The molecule has 18 nitrogen and oxygen atoms in total. The van der Waals surface area contributed by atoms with Gasteiger partial charge in [-0.05, 0) is 18.1 Å². The van der Waals surface area contributed by atoms with Gasteiger partial charge in [0.1, 0.15) is 18.4 Å². The highest BCUT2D eigenvalue weighted by Crippen LogP contribution is 2.66. The number of aromatic amines is 1. The summed E-state index contributed by atoms with van der Waals surface area (Å²) in [5, 5.41) is 0. The van der Waals surface area contributed by atoms with Crippen LogP contribution in [0.3, 0.4) is 0 Å². The lowest BCUT2D eigenvalue weighted by Gasteiger charge is -2.21. The molecule has 0 aliphatic carbocycles. The first-order chi connectivity index (χ1) is 18.5. The van der Waals surface area contributed by atoms with Crippen molar-refractivity contribution in [2.45, 2.75) is 44.7 Å². The third kappa shape index (κ3) is 9.11. The van der Waals surface area contributed by atoms with Crippen molar-refractivity contribution in [2.24, 2.45) is 5.73 Å².